The number of carbonyl (C=O) groups is 1. The van der Waals surface area contributed by atoms with E-state index in [2.05, 4.69) is 10.6 Å². The van der Waals surface area contributed by atoms with E-state index < -0.39 is 0 Å². The fourth-order valence-electron chi connectivity index (χ4n) is 3.77. The Balaban J connectivity index is 1.45. The molecule has 0 bridgehead atoms. The molecule has 1 amide bonds. The van der Waals surface area contributed by atoms with Gasteiger partial charge in [0, 0.05) is 12.6 Å². The molecule has 0 radical (unpaired) electrons. The minimum atomic E-state index is 0.0874. The molecule has 0 aromatic rings. The molecule has 2 aliphatic carbocycles. The second-order valence-corrected chi connectivity index (χ2v) is 6.49. The summed E-state index contributed by atoms with van der Waals surface area (Å²) in [6.07, 6.45) is 11.6. The zero-order valence-corrected chi connectivity index (χ0v) is 11.3. The van der Waals surface area contributed by atoms with Gasteiger partial charge < -0.3 is 10.6 Å². The summed E-state index contributed by atoms with van der Waals surface area (Å²) < 4.78 is 0. The smallest absolute Gasteiger partial charge is 0.237 e. The van der Waals surface area contributed by atoms with E-state index >= 15 is 0 Å². The first kappa shape index (κ1) is 12.5. The largest absolute Gasteiger partial charge is 0.354 e. The molecule has 2 saturated carbocycles. The van der Waals surface area contributed by atoms with Gasteiger partial charge in [-0.05, 0) is 50.4 Å². The maximum absolute atomic E-state index is 12.1. The molecule has 3 heteroatoms. The third-order valence-electron chi connectivity index (χ3n) is 5.26. The van der Waals surface area contributed by atoms with Crippen molar-refractivity contribution in [1.82, 2.24) is 10.6 Å². The predicted octanol–water partition coefficient (Wildman–Crippen LogP) is 2.21. The van der Waals surface area contributed by atoms with Crippen LogP contribution in [0.4, 0.5) is 0 Å². The number of amides is 1. The Kier molecular flexibility index (Phi) is 3.88. The van der Waals surface area contributed by atoms with Crippen molar-refractivity contribution in [2.75, 3.05) is 6.54 Å². The number of piperidine rings is 1. The van der Waals surface area contributed by atoms with Gasteiger partial charge in [0.1, 0.15) is 0 Å². The molecule has 18 heavy (non-hydrogen) atoms. The zero-order chi connectivity index (χ0) is 12.4. The van der Waals surface area contributed by atoms with E-state index in [1.165, 1.54) is 51.4 Å². The van der Waals surface area contributed by atoms with E-state index in [-0.39, 0.29) is 11.9 Å². The molecule has 3 atom stereocenters. The van der Waals surface area contributed by atoms with Crippen molar-refractivity contribution in [3.63, 3.8) is 0 Å². The van der Waals surface area contributed by atoms with E-state index in [0.717, 1.165) is 24.8 Å². The molecule has 3 nitrogen and oxygen atoms in total. The number of hydrogen-bond donors (Lipinski definition) is 2. The summed E-state index contributed by atoms with van der Waals surface area (Å²) in [6, 6.07) is 0.705. The SMILES string of the molecule is O=C(NCC1CCC1)C1CCC2CCCCC2N1. The summed E-state index contributed by atoms with van der Waals surface area (Å²) in [5, 5.41) is 6.75. The average Bonchev–Trinajstić information content (AvgIpc) is 2.36. The van der Waals surface area contributed by atoms with Crippen LogP contribution in [-0.4, -0.2) is 24.5 Å². The summed E-state index contributed by atoms with van der Waals surface area (Å²) in [7, 11) is 0. The van der Waals surface area contributed by atoms with E-state index in [4.69, 9.17) is 0 Å². The van der Waals surface area contributed by atoms with Crippen molar-refractivity contribution in [2.45, 2.75) is 69.9 Å². The maximum Gasteiger partial charge on any atom is 0.237 e. The molecule has 0 aromatic heterocycles. The van der Waals surface area contributed by atoms with Gasteiger partial charge in [-0.2, -0.15) is 0 Å². The lowest BCUT2D eigenvalue weighted by Gasteiger charge is -2.40. The first-order chi connectivity index (χ1) is 8.83. The van der Waals surface area contributed by atoms with Crippen molar-refractivity contribution in [3.8, 4) is 0 Å². The molecule has 0 spiro atoms. The topological polar surface area (TPSA) is 41.1 Å². The third-order valence-corrected chi connectivity index (χ3v) is 5.26. The lowest BCUT2D eigenvalue weighted by atomic mass is 9.77. The van der Waals surface area contributed by atoms with Crippen LogP contribution in [0.5, 0.6) is 0 Å². The van der Waals surface area contributed by atoms with Crippen LogP contribution >= 0.6 is 0 Å². The quantitative estimate of drug-likeness (QED) is 0.806. The first-order valence-electron chi connectivity index (χ1n) is 7.86. The van der Waals surface area contributed by atoms with Gasteiger partial charge >= 0.3 is 0 Å². The third kappa shape index (κ3) is 2.71. The lowest BCUT2D eigenvalue weighted by Crippen LogP contribution is -2.55. The molecule has 3 aliphatic rings. The summed E-state index contributed by atoms with van der Waals surface area (Å²) >= 11 is 0. The molecule has 1 aliphatic heterocycles. The van der Waals surface area contributed by atoms with Crippen molar-refractivity contribution in [1.29, 1.82) is 0 Å². The Morgan fingerprint density at radius 3 is 2.61 bits per heavy atom. The van der Waals surface area contributed by atoms with E-state index in [9.17, 15) is 4.79 Å². The second-order valence-electron chi connectivity index (χ2n) is 6.49. The highest BCUT2D eigenvalue weighted by atomic mass is 16.2. The fraction of sp³-hybridized carbons (Fsp3) is 0.933. The van der Waals surface area contributed by atoms with E-state index in [0.29, 0.717) is 6.04 Å². The Hall–Kier alpha value is -0.570. The van der Waals surface area contributed by atoms with Crippen LogP contribution in [0.15, 0.2) is 0 Å². The predicted molar refractivity (Wildman–Crippen MR) is 72.3 cm³/mol. The van der Waals surface area contributed by atoms with Crippen molar-refractivity contribution in [3.05, 3.63) is 0 Å². The Bertz CT molecular complexity index is 301. The normalized spacial score (nSPS) is 36.6. The summed E-state index contributed by atoms with van der Waals surface area (Å²) in [5.41, 5.74) is 0. The highest BCUT2D eigenvalue weighted by Crippen LogP contribution is 2.32. The molecule has 2 N–H and O–H groups in total. The number of fused-ring (bicyclic) bond motifs is 1. The van der Waals surface area contributed by atoms with Crippen LogP contribution in [0.2, 0.25) is 0 Å². The summed E-state index contributed by atoms with van der Waals surface area (Å²) in [6.45, 7) is 0.908. The Morgan fingerprint density at radius 2 is 1.83 bits per heavy atom. The highest BCUT2D eigenvalue weighted by molar-refractivity contribution is 5.81. The molecule has 3 fully saturated rings. The molecule has 3 rings (SSSR count). The number of carbonyl (C=O) groups excluding carboxylic acids is 1. The van der Waals surface area contributed by atoms with Crippen LogP contribution < -0.4 is 10.6 Å². The van der Waals surface area contributed by atoms with E-state index in [1.807, 2.05) is 0 Å². The fourth-order valence-corrected chi connectivity index (χ4v) is 3.77. The van der Waals surface area contributed by atoms with Crippen LogP contribution in [0, 0.1) is 11.8 Å². The van der Waals surface area contributed by atoms with Gasteiger partial charge in [-0.1, -0.05) is 19.3 Å². The van der Waals surface area contributed by atoms with Crippen molar-refractivity contribution in [2.24, 2.45) is 11.8 Å². The summed E-state index contributed by atoms with van der Waals surface area (Å²) in [5.74, 6) is 1.86. The molecule has 1 heterocycles. The van der Waals surface area contributed by atoms with Gasteiger partial charge in [0.05, 0.1) is 6.04 Å². The van der Waals surface area contributed by atoms with Crippen LogP contribution in [0.3, 0.4) is 0 Å². The molecule has 1 saturated heterocycles. The molecular formula is C15H26N2O. The molecule has 3 unspecified atom stereocenters. The number of nitrogens with one attached hydrogen (secondary N) is 2. The Morgan fingerprint density at radius 1 is 1.00 bits per heavy atom. The molecule has 0 aromatic carbocycles. The van der Waals surface area contributed by atoms with Gasteiger partial charge in [-0.3, -0.25) is 4.79 Å². The second kappa shape index (κ2) is 5.60. The monoisotopic (exact) mass is 250 g/mol. The van der Waals surface area contributed by atoms with Gasteiger partial charge in [0.15, 0.2) is 0 Å². The van der Waals surface area contributed by atoms with E-state index in [1.54, 1.807) is 0 Å². The zero-order valence-electron chi connectivity index (χ0n) is 11.3. The first-order valence-corrected chi connectivity index (χ1v) is 7.86. The van der Waals surface area contributed by atoms with Gasteiger partial charge in [0.2, 0.25) is 5.91 Å². The average molecular weight is 250 g/mol. The number of hydrogen-bond acceptors (Lipinski definition) is 2. The van der Waals surface area contributed by atoms with Crippen molar-refractivity contribution < 1.29 is 4.79 Å². The maximum atomic E-state index is 12.1. The minimum absolute atomic E-state index is 0.0874. The minimum Gasteiger partial charge on any atom is -0.354 e. The van der Waals surface area contributed by atoms with Crippen LogP contribution in [0.1, 0.15) is 57.8 Å². The van der Waals surface area contributed by atoms with Crippen LogP contribution in [-0.2, 0) is 4.79 Å². The van der Waals surface area contributed by atoms with Gasteiger partial charge in [-0.15, -0.1) is 0 Å². The van der Waals surface area contributed by atoms with Gasteiger partial charge in [0.25, 0.3) is 0 Å². The molecular weight excluding hydrogens is 224 g/mol. The highest BCUT2D eigenvalue weighted by Gasteiger charge is 2.34. The van der Waals surface area contributed by atoms with Crippen LogP contribution in [0.25, 0.3) is 0 Å². The standard InChI is InChI=1S/C15H26N2O/c18-15(16-10-11-4-3-5-11)14-9-8-12-6-1-2-7-13(12)17-14/h11-14,17H,1-10H2,(H,16,18). The van der Waals surface area contributed by atoms with Gasteiger partial charge in [-0.25, -0.2) is 0 Å². The molecule has 102 valence electrons. The number of rotatable bonds is 3. The summed E-state index contributed by atoms with van der Waals surface area (Å²) in [4.78, 5) is 12.1. The Labute approximate surface area is 110 Å². The van der Waals surface area contributed by atoms with Crippen molar-refractivity contribution >= 4 is 5.91 Å². The lowest BCUT2D eigenvalue weighted by molar-refractivity contribution is -0.124.